The number of thioether (sulfide) groups is 1. The fourth-order valence-corrected chi connectivity index (χ4v) is 2.65. The van der Waals surface area contributed by atoms with Gasteiger partial charge in [-0.1, -0.05) is 30.3 Å². The maximum atomic E-state index is 12.1. The standard InChI is InChI=1S/C18H20N2O2S/c1-13-7-6-10-16(11-13)19-17(21)12-23-14(2)18(22)20-15-8-4-3-5-9-15/h3-11,14H,12H2,1-2H3,(H,19,21)(H,20,22)/t14-/m1/s1. The number of rotatable bonds is 6. The minimum atomic E-state index is -0.307. The topological polar surface area (TPSA) is 58.2 Å². The van der Waals surface area contributed by atoms with E-state index in [0.717, 1.165) is 16.9 Å². The maximum Gasteiger partial charge on any atom is 0.237 e. The monoisotopic (exact) mass is 328 g/mol. The zero-order chi connectivity index (χ0) is 16.7. The molecular formula is C18H20N2O2S. The second-order valence-corrected chi connectivity index (χ2v) is 6.56. The Hall–Kier alpha value is -2.27. The molecular weight excluding hydrogens is 308 g/mol. The van der Waals surface area contributed by atoms with Gasteiger partial charge >= 0.3 is 0 Å². The quantitative estimate of drug-likeness (QED) is 0.850. The van der Waals surface area contributed by atoms with Crippen LogP contribution in [0.5, 0.6) is 0 Å². The Morgan fingerprint density at radius 1 is 1.00 bits per heavy atom. The van der Waals surface area contributed by atoms with Crippen LogP contribution in [0.4, 0.5) is 11.4 Å². The van der Waals surface area contributed by atoms with Crippen LogP contribution in [0.2, 0.25) is 0 Å². The van der Waals surface area contributed by atoms with Gasteiger partial charge in [0.15, 0.2) is 0 Å². The van der Waals surface area contributed by atoms with Gasteiger partial charge in [-0.3, -0.25) is 9.59 Å². The van der Waals surface area contributed by atoms with E-state index < -0.39 is 0 Å². The van der Waals surface area contributed by atoms with Gasteiger partial charge in [0, 0.05) is 11.4 Å². The third-order valence-corrected chi connectivity index (χ3v) is 4.32. The van der Waals surface area contributed by atoms with E-state index in [4.69, 9.17) is 0 Å². The highest BCUT2D eigenvalue weighted by Crippen LogP contribution is 2.15. The average Bonchev–Trinajstić information content (AvgIpc) is 2.53. The number of anilines is 2. The molecule has 23 heavy (non-hydrogen) atoms. The smallest absolute Gasteiger partial charge is 0.237 e. The van der Waals surface area contributed by atoms with Gasteiger partial charge < -0.3 is 10.6 Å². The van der Waals surface area contributed by atoms with E-state index in [9.17, 15) is 9.59 Å². The lowest BCUT2D eigenvalue weighted by Gasteiger charge is -2.12. The molecule has 0 saturated heterocycles. The molecule has 0 bridgehead atoms. The number of para-hydroxylation sites is 1. The highest BCUT2D eigenvalue weighted by atomic mass is 32.2. The van der Waals surface area contributed by atoms with Crippen molar-refractivity contribution in [3.63, 3.8) is 0 Å². The Morgan fingerprint density at radius 3 is 2.39 bits per heavy atom. The molecule has 0 aromatic heterocycles. The van der Waals surface area contributed by atoms with E-state index in [1.165, 1.54) is 11.8 Å². The minimum absolute atomic E-state index is 0.107. The fourth-order valence-electron chi connectivity index (χ4n) is 1.96. The Balaban J connectivity index is 1.78. The lowest BCUT2D eigenvalue weighted by Crippen LogP contribution is -2.25. The second-order valence-electron chi connectivity index (χ2n) is 5.23. The van der Waals surface area contributed by atoms with Crippen molar-refractivity contribution < 1.29 is 9.59 Å². The molecule has 0 heterocycles. The summed E-state index contributed by atoms with van der Waals surface area (Å²) in [6.45, 7) is 3.77. The number of aryl methyl sites for hydroxylation is 1. The summed E-state index contributed by atoms with van der Waals surface area (Å²) in [7, 11) is 0. The maximum absolute atomic E-state index is 12.1. The molecule has 2 aromatic carbocycles. The van der Waals surface area contributed by atoms with Crippen LogP contribution in [-0.2, 0) is 9.59 Å². The van der Waals surface area contributed by atoms with Gasteiger partial charge in [0.2, 0.25) is 11.8 Å². The van der Waals surface area contributed by atoms with E-state index in [-0.39, 0.29) is 22.8 Å². The zero-order valence-corrected chi connectivity index (χ0v) is 14.0. The molecule has 2 aromatic rings. The first-order valence-electron chi connectivity index (χ1n) is 7.38. The van der Waals surface area contributed by atoms with Crippen molar-refractivity contribution in [1.29, 1.82) is 0 Å². The fraction of sp³-hybridized carbons (Fsp3) is 0.222. The van der Waals surface area contributed by atoms with Crippen molar-refractivity contribution >= 4 is 35.0 Å². The summed E-state index contributed by atoms with van der Waals surface area (Å²) in [6.07, 6.45) is 0. The van der Waals surface area contributed by atoms with Gasteiger partial charge in [-0.2, -0.15) is 0 Å². The van der Waals surface area contributed by atoms with Crippen molar-refractivity contribution in [2.75, 3.05) is 16.4 Å². The van der Waals surface area contributed by atoms with Crippen LogP contribution >= 0.6 is 11.8 Å². The first-order valence-corrected chi connectivity index (χ1v) is 8.43. The highest BCUT2D eigenvalue weighted by Gasteiger charge is 2.15. The van der Waals surface area contributed by atoms with Crippen molar-refractivity contribution in [3.05, 3.63) is 60.2 Å². The van der Waals surface area contributed by atoms with Crippen LogP contribution in [0, 0.1) is 6.92 Å². The number of carbonyl (C=O) groups is 2. The normalized spacial score (nSPS) is 11.6. The number of hydrogen-bond donors (Lipinski definition) is 2. The molecule has 5 heteroatoms. The summed E-state index contributed by atoms with van der Waals surface area (Å²) < 4.78 is 0. The highest BCUT2D eigenvalue weighted by molar-refractivity contribution is 8.01. The average molecular weight is 328 g/mol. The molecule has 0 spiro atoms. The molecule has 0 aliphatic rings. The van der Waals surface area contributed by atoms with Gasteiger partial charge in [0.1, 0.15) is 0 Å². The third-order valence-electron chi connectivity index (χ3n) is 3.18. The van der Waals surface area contributed by atoms with Crippen LogP contribution in [-0.4, -0.2) is 22.8 Å². The van der Waals surface area contributed by atoms with E-state index in [1.54, 1.807) is 6.92 Å². The Morgan fingerprint density at radius 2 is 1.70 bits per heavy atom. The Bertz CT molecular complexity index is 674. The molecule has 0 aliphatic carbocycles. The SMILES string of the molecule is Cc1cccc(NC(=O)CS[C@H](C)C(=O)Nc2ccccc2)c1. The molecule has 120 valence electrons. The van der Waals surface area contributed by atoms with Crippen LogP contribution in [0.15, 0.2) is 54.6 Å². The summed E-state index contributed by atoms with van der Waals surface area (Å²) in [6, 6.07) is 16.9. The summed E-state index contributed by atoms with van der Waals surface area (Å²) in [5, 5.41) is 5.36. The van der Waals surface area contributed by atoms with Gasteiger partial charge in [-0.25, -0.2) is 0 Å². The van der Waals surface area contributed by atoms with Gasteiger partial charge in [-0.15, -0.1) is 11.8 Å². The zero-order valence-electron chi connectivity index (χ0n) is 13.2. The molecule has 0 fully saturated rings. The van der Waals surface area contributed by atoms with E-state index in [2.05, 4.69) is 10.6 Å². The predicted octanol–water partition coefficient (Wildman–Crippen LogP) is 3.69. The van der Waals surface area contributed by atoms with E-state index >= 15 is 0 Å². The van der Waals surface area contributed by atoms with Crippen molar-refractivity contribution in [2.45, 2.75) is 19.1 Å². The van der Waals surface area contributed by atoms with E-state index in [1.807, 2.05) is 61.5 Å². The van der Waals surface area contributed by atoms with Crippen LogP contribution in [0.3, 0.4) is 0 Å². The van der Waals surface area contributed by atoms with Gasteiger partial charge in [0.05, 0.1) is 11.0 Å². The molecule has 2 N–H and O–H groups in total. The van der Waals surface area contributed by atoms with Crippen LogP contribution < -0.4 is 10.6 Å². The first kappa shape index (κ1) is 17.1. The number of nitrogens with one attached hydrogen (secondary N) is 2. The van der Waals surface area contributed by atoms with Gasteiger partial charge in [0.25, 0.3) is 0 Å². The second kappa shape index (κ2) is 8.39. The largest absolute Gasteiger partial charge is 0.325 e. The summed E-state index contributed by atoms with van der Waals surface area (Å²) in [5.74, 6) is 0.0154. The summed E-state index contributed by atoms with van der Waals surface area (Å²) >= 11 is 1.31. The Labute approximate surface area is 140 Å². The van der Waals surface area contributed by atoms with Gasteiger partial charge in [-0.05, 0) is 43.7 Å². The predicted molar refractivity (Wildman–Crippen MR) is 96.8 cm³/mol. The molecule has 0 radical (unpaired) electrons. The molecule has 2 rings (SSSR count). The van der Waals surface area contributed by atoms with Crippen molar-refractivity contribution in [3.8, 4) is 0 Å². The first-order chi connectivity index (χ1) is 11.0. The lowest BCUT2D eigenvalue weighted by atomic mass is 10.2. The van der Waals surface area contributed by atoms with Crippen molar-refractivity contribution in [1.82, 2.24) is 0 Å². The van der Waals surface area contributed by atoms with Crippen LogP contribution in [0.25, 0.3) is 0 Å². The third kappa shape index (κ3) is 5.79. The minimum Gasteiger partial charge on any atom is -0.325 e. The molecule has 0 unspecified atom stereocenters. The summed E-state index contributed by atoms with van der Waals surface area (Å²) in [4.78, 5) is 24.0. The number of hydrogen-bond acceptors (Lipinski definition) is 3. The molecule has 0 saturated carbocycles. The van der Waals surface area contributed by atoms with Crippen molar-refractivity contribution in [2.24, 2.45) is 0 Å². The van der Waals surface area contributed by atoms with E-state index in [0.29, 0.717) is 0 Å². The molecule has 2 amide bonds. The number of carbonyl (C=O) groups excluding carboxylic acids is 2. The Kier molecular flexibility index (Phi) is 6.23. The molecule has 4 nitrogen and oxygen atoms in total. The number of benzene rings is 2. The van der Waals surface area contributed by atoms with Crippen LogP contribution in [0.1, 0.15) is 12.5 Å². The summed E-state index contributed by atoms with van der Waals surface area (Å²) in [5.41, 5.74) is 2.62. The molecule has 0 aliphatic heterocycles. The lowest BCUT2D eigenvalue weighted by molar-refractivity contribution is -0.115. The number of amides is 2. The molecule has 1 atom stereocenters.